The maximum Gasteiger partial charge on any atom is 0.163 e. The molecular weight excluding hydrogens is 132 g/mol. The molecule has 2 aliphatic rings. The van der Waals surface area contributed by atoms with E-state index in [-0.39, 0.29) is 24.4 Å². The van der Waals surface area contributed by atoms with Gasteiger partial charge in [0, 0.05) is 5.92 Å². The van der Waals surface area contributed by atoms with E-state index in [9.17, 15) is 5.11 Å². The van der Waals surface area contributed by atoms with E-state index < -0.39 is 0 Å². The lowest BCUT2D eigenvalue weighted by molar-refractivity contribution is -0.112. The summed E-state index contributed by atoms with van der Waals surface area (Å²) in [5, 5.41) is 9.31. The third kappa shape index (κ3) is 0.856. The molecule has 0 amide bonds. The van der Waals surface area contributed by atoms with Crippen LogP contribution in [0.25, 0.3) is 0 Å². The van der Waals surface area contributed by atoms with E-state index in [4.69, 9.17) is 9.47 Å². The summed E-state index contributed by atoms with van der Waals surface area (Å²) in [5.74, 6) is 0.231. The molecule has 0 aromatic carbocycles. The molecular formula is C7H12O3. The number of hydrogen-bond donors (Lipinski definition) is 1. The topological polar surface area (TPSA) is 38.7 Å². The van der Waals surface area contributed by atoms with Gasteiger partial charge in [-0.05, 0) is 13.3 Å². The SMILES string of the molecule is C[C@@H]1C[C@@H]2[C@H](OC[C@@H]2O)O1. The van der Waals surface area contributed by atoms with Gasteiger partial charge in [0.05, 0.1) is 18.8 Å². The van der Waals surface area contributed by atoms with Crippen LogP contribution in [0.2, 0.25) is 0 Å². The van der Waals surface area contributed by atoms with Gasteiger partial charge in [0.25, 0.3) is 0 Å². The predicted octanol–water partition coefficient (Wildman–Crippen LogP) is 0.129. The van der Waals surface area contributed by atoms with Gasteiger partial charge in [-0.2, -0.15) is 0 Å². The molecule has 0 unspecified atom stereocenters. The smallest absolute Gasteiger partial charge is 0.163 e. The van der Waals surface area contributed by atoms with Crippen molar-refractivity contribution in [2.45, 2.75) is 31.8 Å². The lowest BCUT2D eigenvalue weighted by Crippen LogP contribution is -2.18. The average Bonchev–Trinajstić information content (AvgIpc) is 2.35. The van der Waals surface area contributed by atoms with Gasteiger partial charge in [0.1, 0.15) is 0 Å². The van der Waals surface area contributed by atoms with Crippen LogP contribution in [0.5, 0.6) is 0 Å². The van der Waals surface area contributed by atoms with Gasteiger partial charge in [-0.15, -0.1) is 0 Å². The third-order valence-electron chi connectivity index (χ3n) is 2.25. The zero-order valence-corrected chi connectivity index (χ0v) is 5.99. The lowest BCUT2D eigenvalue weighted by atomic mass is 10.0. The fraction of sp³-hybridized carbons (Fsp3) is 1.00. The van der Waals surface area contributed by atoms with Gasteiger partial charge in [-0.1, -0.05) is 0 Å². The highest BCUT2D eigenvalue weighted by atomic mass is 16.7. The van der Waals surface area contributed by atoms with Crippen molar-refractivity contribution in [2.75, 3.05) is 6.61 Å². The number of fused-ring (bicyclic) bond motifs is 1. The summed E-state index contributed by atoms with van der Waals surface area (Å²) in [6.45, 7) is 2.45. The van der Waals surface area contributed by atoms with Crippen LogP contribution in [0, 0.1) is 5.92 Å². The van der Waals surface area contributed by atoms with E-state index >= 15 is 0 Å². The summed E-state index contributed by atoms with van der Waals surface area (Å²) in [5.41, 5.74) is 0. The maximum absolute atomic E-state index is 9.31. The maximum atomic E-state index is 9.31. The molecule has 0 radical (unpaired) electrons. The van der Waals surface area contributed by atoms with Crippen molar-refractivity contribution in [3.8, 4) is 0 Å². The normalized spacial score (nSPS) is 53.4. The van der Waals surface area contributed by atoms with E-state index in [2.05, 4.69) is 0 Å². The van der Waals surface area contributed by atoms with E-state index in [0.29, 0.717) is 6.61 Å². The molecule has 3 heteroatoms. The van der Waals surface area contributed by atoms with Crippen LogP contribution < -0.4 is 0 Å². The highest BCUT2D eigenvalue weighted by molar-refractivity contribution is 4.85. The highest BCUT2D eigenvalue weighted by Crippen LogP contribution is 2.34. The lowest BCUT2D eigenvalue weighted by Gasteiger charge is -2.06. The quantitative estimate of drug-likeness (QED) is 0.525. The van der Waals surface area contributed by atoms with Crippen LogP contribution in [0.1, 0.15) is 13.3 Å². The Kier molecular flexibility index (Phi) is 1.44. The first kappa shape index (κ1) is 6.58. The predicted molar refractivity (Wildman–Crippen MR) is 34.4 cm³/mol. The molecule has 0 bridgehead atoms. The number of rotatable bonds is 0. The van der Waals surface area contributed by atoms with Crippen molar-refractivity contribution < 1.29 is 14.6 Å². The Bertz CT molecular complexity index is 137. The summed E-state index contributed by atoms with van der Waals surface area (Å²) in [4.78, 5) is 0. The van der Waals surface area contributed by atoms with Crippen molar-refractivity contribution in [1.29, 1.82) is 0 Å². The number of aliphatic hydroxyl groups is 1. The molecule has 0 spiro atoms. The van der Waals surface area contributed by atoms with Crippen LogP contribution in [0.15, 0.2) is 0 Å². The third-order valence-corrected chi connectivity index (χ3v) is 2.25. The van der Waals surface area contributed by atoms with Gasteiger partial charge >= 0.3 is 0 Å². The first-order chi connectivity index (χ1) is 4.77. The number of ether oxygens (including phenoxy) is 2. The van der Waals surface area contributed by atoms with Crippen molar-refractivity contribution in [1.82, 2.24) is 0 Å². The molecule has 10 heavy (non-hydrogen) atoms. The summed E-state index contributed by atoms with van der Waals surface area (Å²) in [6, 6.07) is 0. The monoisotopic (exact) mass is 144 g/mol. The zero-order valence-electron chi connectivity index (χ0n) is 5.99. The summed E-state index contributed by atoms with van der Waals surface area (Å²) in [7, 11) is 0. The Balaban J connectivity index is 2.05. The Morgan fingerprint density at radius 1 is 1.50 bits per heavy atom. The van der Waals surface area contributed by atoms with Crippen molar-refractivity contribution in [2.24, 2.45) is 5.92 Å². The van der Waals surface area contributed by atoms with Gasteiger partial charge in [0.15, 0.2) is 6.29 Å². The summed E-state index contributed by atoms with van der Waals surface area (Å²) < 4.78 is 10.6. The minimum atomic E-state index is -0.296. The second-order valence-electron chi connectivity index (χ2n) is 3.12. The number of hydrogen-bond acceptors (Lipinski definition) is 3. The Morgan fingerprint density at radius 3 is 3.00 bits per heavy atom. The number of aliphatic hydroxyl groups excluding tert-OH is 1. The van der Waals surface area contributed by atoms with Crippen molar-refractivity contribution in [3.05, 3.63) is 0 Å². The van der Waals surface area contributed by atoms with Crippen molar-refractivity contribution >= 4 is 0 Å². The minimum Gasteiger partial charge on any atom is -0.390 e. The second kappa shape index (κ2) is 2.19. The molecule has 2 saturated heterocycles. The van der Waals surface area contributed by atoms with Crippen LogP contribution in [0.4, 0.5) is 0 Å². The molecule has 1 N–H and O–H groups in total. The second-order valence-corrected chi connectivity index (χ2v) is 3.12. The fourth-order valence-electron chi connectivity index (χ4n) is 1.70. The van der Waals surface area contributed by atoms with E-state index in [1.807, 2.05) is 6.92 Å². The van der Waals surface area contributed by atoms with Crippen molar-refractivity contribution in [3.63, 3.8) is 0 Å². The first-order valence-corrected chi connectivity index (χ1v) is 3.72. The van der Waals surface area contributed by atoms with Gasteiger partial charge in [-0.25, -0.2) is 0 Å². The van der Waals surface area contributed by atoms with Gasteiger partial charge in [-0.3, -0.25) is 0 Å². The average molecular weight is 144 g/mol. The van der Waals surface area contributed by atoms with E-state index in [1.54, 1.807) is 0 Å². The molecule has 0 saturated carbocycles. The highest BCUT2D eigenvalue weighted by Gasteiger charge is 2.43. The molecule has 58 valence electrons. The van der Waals surface area contributed by atoms with Gasteiger partial charge < -0.3 is 14.6 Å². The molecule has 3 nitrogen and oxygen atoms in total. The van der Waals surface area contributed by atoms with Crippen LogP contribution in [-0.2, 0) is 9.47 Å². The van der Waals surface area contributed by atoms with E-state index in [0.717, 1.165) is 6.42 Å². The van der Waals surface area contributed by atoms with Crippen LogP contribution >= 0.6 is 0 Å². The Hall–Kier alpha value is -0.120. The molecule has 0 aromatic rings. The van der Waals surface area contributed by atoms with Crippen LogP contribution in [-0.4, -0.2) is 30.2 Å². The zero-order chi connectivity index (χ0) is 7.14. The summed E-state index contributed by atoms with van der Waals surface area (Å²) in [6.07, 6.45) is 0.774. The molecule has 2 rings (SSSR count). The molecule has 4 atom stereocenters. The molecule has 2 heterocycles. The minimum absolute atomic E-state index is 0.120. The molecule has 2 aliphatic heterocycles. The Morgan fingerprint density at radius 2 is 2.30 bits per heavy atom. The van der Waals surface area contributed by atoms with Gasteiger partial charge in [0.2, 0.25) is 0 Å². The molecule has 2 fully saturated rings. The summed E-state index contributed by atoms with van der Waals surface area (Å²) >= 11 is 0. The fourth-order valence-corrected chi connectivity index (χ4v) is 1.70. The largest absolute Gasteiger partial charge is 0.390 e. The van der Waals surface area contributed by atoms with Crippen LogP contribution in [0.3, 0.4) is 0 Å². The Labute approximate surface area is 59.9 Å². The standard InChI is InChI=1S/C7H12O3/c1-4-2-5-6(8)3-9-7(5)10-4/h4-8H,2-3H2,1H3/t4-,5+,6+,7-/m1/s1. The first-order valence-electron chi connectivity index (χ1n) is 3.72. The van der Waals surface area contributed by atoms with E-state index in [1.165, 1.54) is 0 Å². The molecule has 0 aromatic heterocycles. The molecule has 0 aliphatic carbocycles.